The number of carboxylic acids is 1. The molecule has 0 bridgehead atoms. The largest absolute Gasteiger partial charge is 0.480 e. The molecule has 0 aliphatic carbocycles. The predicted octanol–water partition coefficient (Wildman–Crippen LogP) is 1.73. The van der Waals surface area contributed by atoms with Gasteiger partial charge in [0.1, 0.15) is 6.04 Å². The van der Waals surface area contributed by atoms with Crippen LogP contribution < -0.4 is 5.32 Å². The van der Waals surface area contributed by atoms with Crippen LogP contribution in [0.2, 0.25) is 5.02 Å². The van der Waals surface area contributed by atoms with Gasteiger partial charge in [-0.1, -0.05) is 11.6 Å². The van der Waals surface area contributed by atoms with Gasteiger partial charge in [0.15, 0.2) is 5.69 Å². The van der Waals surface area contributed by atoms with Crippen LogP contribution in [-0.2, 0) is 21.4 Å². The van der Waals surface area contributed by atoms with Gasteiger partial charge in [0.25, 0.3) is 0 Å². The summed E-state index contributed by atoms with van der Waals surface area (Å²) in [5, 5.41) is 16.5. The van der Waals surface area contributed by atoms with Crippen molar-refractivity contribution in [1.82, 2.24) is 9.78 Å². The number of hydrogen-bond acceptors (Lipinski definition) is 6. The van der Waals surface area contributed by atoms with Crippen LogP contribution in [0, 0.1) is 0 Å². The number of rotatable bonds is 7. The first-order valence-electron chi connectivity index (χ1n) is 7.22. The number of nitrogens with one attached hydrogen (secondary N) is 1. The van der Waals surface area contributed by atoms with E-state index in [1.165, 1.54) is 18.0 Å². The van der Waals surface area contributed by atoms with Crippen molar-refractivity contribution in [3.8, 4) is 0 Å². The molecule has 0 unspecified atom stereocenters. The fraction of sp³-hybridized carbons (Fsp3) is 0.250. The van der Waals surface area contributed by atoms with E-state index in [2.05, 4.69) is 15.2 Å². The number of ether oxygens (including phenoxy) is 1. The lowest BCUT2D eigenvalue weighted by atomic mass is 10.1. The van der Waals surface area contributed by atoms with Crippen LogP contribution >= 0.6 is 11.6 Å². The smallest absolute Gasteiger partial charge is 0.326 e. The minimum absolute atomic E-state index is 0.0425. The third-order valence-corrected chi connectivity index (χ3v) is 3.63. The van der Waals surface area contributed by atoms with Crippen LogP contribution in [0.15, 0.2) is 30.5 Å². The molecule has 0 fully saturated rings. The molecule has 0 aliphatic rings. The van der Waals surface area contributed by atoms with E-state index in [-0.39, 0.29) is 11.4 Å². The highest BCUT2D eigenvalue weighted by Crippen LogP contribution is 2.20. The van der Waals surface area contributed by atoms with Crippen LogP contribution in [0.5, 0.6) is 0 Å². The zero-order valence-electron chi connectivity index (χ0n) is 13.5. The highest BCUT2D eigenvalue weighted by atomic mass is 35.5. The van der Waals surface area contributed by atoms with Gasteiger partial charge in [0.05, 0.1) is 19.2 Å². The summed E-state index contributed by atoms with van der Waals surface area (Å²) in [6.45, 7) is 0. The summed E-state index contributed by atoms with van der Waals surface area (Å²) >= 11 is 5.81. The zero-order valence-corrected chi connectivity index (χ0v) is 14.3. The number of aromatic nitrogens is 2. The Morgan fingerprint density at radius 1 is 1.32 bits per heavy atom. The first-order chi connectivity index (χ1) is 11.8. The number of carbonyl (C=O) groups is 3. The Morgan fingerprint density at radius 3 is 2.52 bits per heavy atom. The molecule has 1 atom stereocenters. The lowest BCUT2D eigenvalue weighted by molar-refractivity contribution is -0.146. The second-order valence-electron chi connectivity index (χ2n) is 5.22. The number of carbonyl (C=O) groups excluding carboxylic acids is 2. The van der Waals surface area contributed by atoms with Crippen molar-refractivity contribution in [2.24, 2.45) is 7.05 Å². The molecule has 1 aromatic heterocycles. The van der Waals surface area contributed by atoms with Crippen molar-refractivity contribution in [1.29, 1.82) is 0 Å². The summed E-state index contributed by atoms with van der Waals surface area (Å²) in [5.41, 5.74) is 0.602. The number of benzene rings is 1. The fourth-order valence-electron chi connectivity index (χ4n) is 2.14. The van der Waals surface area contributed by atoms with Crippen LogP contribution in [0.25, 0.3) is 0 Å². The molecule has 1 heterocycles. The summed E-state index contributed by atoms with van der Waals surface area (Å²) < 4.78 is 5.87. The average molecular weight is 366 g/mol. The normalized spacial score (nSPS) is 11.6. The first kappa shape index (κ1) is 18.5. The van der Waals surface area contributed by atoms with E-state index in [0.717, 1.165) is 0 Å². The maximum absolute atomic E-state index is 12.6. The molecule has 0 radical (unpaired) electrons. The number of halogens is 1. The van der Waals surface area contributed by atoms with Gasteiger partial charge in [-0.3, -0.25) is 14.3 Å². The number of methoxy groups -OCH3 is 1. The van der Waals surface area contributed by atoms with Crippen molar-refractivity contribution < 1.29 is 24.2 Å². The summed E-state index contributed by atoms with van der Waals surface area (Å²) in [5.74, 6) is -2.34. The van der Waals surface area contributed by atoms with Gasteiger partial charge in [-0.05, 0) is 24.3 Å². The molecular weight excluding hydrogens is 350 g/mol. The summed E-state index contributed by atoms with van der Waals surface area (Å²) in [6.07, 6.45) is 1.08. The molecule has 25 heavy (non-hydrogen) atoms. The molecule has 9 heteroatoms. The predicted molar refractivity (Wildman–Crippen MR) is 89.8 cm³/mol. The standard InChI is InChI=1S/C16H16ClN3O5/c1-20-8-12(18-11(16(23)24)7-13(21)25-2)14(19-20)15(22)9-3-5-10(17)6-4-9/h3-6,8,11,18H,7H2,1-2H3,(H,23,24)/t11-/m0/s1. The second-order valence-corrected chi connectivity index (χ2v) is 5.65. The minimum Gasteiger partial charge on any atom is -0.480 e. The SMILES string of the molecule is COC(=O)C[C@H](Nc1cn(C)nc1C(=O)c1ccc(Cl)cc1)C(=O)O. The lowest BCUT2D eigenvalue weighted by Gasteiger charge is -2.14. The number of carboxylic acid groups (broad SMARTS) is 1. The maximum Gasteiger partial charge on any atom is 0.326 e. The third kappa shape index (κ3) is 4.57. The van der Waals surface area contributed by atoms with Gasteiger partial charge in [0.2, 0.25) is 5.78 Å². The third-order valence-electron chi connectivity index (χ3n) is 3.38. The van der Waals surface area contributed by atoms with Crippen molar-refractivity contribution >= 4 is 35.0 Å². The number of esters is 1. The molecular formula is C16H16ClN3O5. The van der Waals surface area contributed by atoms with E-state index in [4.69, 9.17) is 11.6 Å². The van der Waals surface area contributed by atoms with Crippen LogP contribution in [0.4, 0.5) is 5.69 Å². The molecule has 2 N–H and O–H groups in total. The van der Waals surface area contributed by atoms with Gasteiger partial charge in [0, 0.05) is 23.8 Å². The Hall–Kier alpha value is -2.87. The monoisotopic (exact) mass is 365 g/mol. The zero-order chi connectivity index (χ0) is 18.6. The molecule has 2 rings (SSSR count). The van der Waals surface area contributed by atoms with Crippen LogP contribution in [0.1, 0.15) is 22.5 Å². The number of nitrogens with zero attached hydrogens (tertiary/aromatic N) is 2. The Balaban J connectivity index is 2.30. The molecule has 1 aromatic carbocycles. The van der Waals surface area contributed by atoms with Gasteiger partial charge in [-0.2, -0.15) is 5.10 Å². The van der Waals surface area contributed by atoms with Gasteiger partial charge in [-0.25, -0.2) is 4.79 Å². The van der Waals surface area contributed by atoms with Crippen molar-refractivity contribution in [2.45, 2.75) is 12.5 Å². The van der Waals surface area contributed by atoms with E-state index in [0.29, 0.717) is 10.6 Å². The summed E-state index contributed by atoms with van der Waals surface area (Å²) in [4.78, 5) is 35.3. The Labute approximate surface area is 148 Å². The number of hydrogen-bond donors (Lipinski definition) is 2. The molecule has 132 valence electrons. The number of aliphatic carboxylic acids is 1. The van der Waals surface area contributed by atoms with Crippen LogP contribution in [0.3, 0.4) is 0 Å². The van der Waals surface area contributed by atoms with Gasteiger partial charge < -0.3 is 15.2 Å². The highest BCUT2D eigenvalue weighted by molar-refractivity contribution is 6.30. The lowest BCUT2D eigenvalue weighted by Crippen LogP contribution is -2.32. The first-order valence-corrected chi connectivity index (χ1v) is 7.59. The molecule has 0 aliphatic heterocycles. The van der Waals surface area contributed by atoms with Crippen molar-refractivity contribution in [3.63, 3.8) is 0 Å². The van der Waals surface area contributed by atoms with E-state index in [1.54, 1.807) is 31.3 Å². The molecule has 0 spiro atoms. The van der Waals surface area contributed by atoms with E-state index in [9.17, 15) is 19.5 Å². The number of anilines is 1. The topological polar surface area (TPSA) is 111 Å². The van der Waals surface area contributed by atoms with E-state index >= 15 is 0 Å². The molecule has 0 saturated carbocycles. The second kappa shape index (κ2) is 7.80. The maximum atomic E-state index is 12.6. The number of aryl methyl sites for hydroxylation is 1. The van der Waals surface area contributed by atoms with Gasteiger partial charge in [-0.15, -0.1) is 0 Å². The van der Waals surface area contributed by atoms with E-state index < -0.39 is 30.2 Å². The average Bonchev–Trinajstić information content (AvgIpc) is 2.94. The number of ketones is 1. The highest BCUT2D eigenvalue weighted by Gasteiger charge is 2.26. The molecule has 2 aromatic rings. The quantitative estimate of drug-likeness (QED) is 0.567. The van der Waals surface area contributed by atoms with Crippen molar-refractivity contribution in [3.05, 3.63) is 46.7 Å². The Bertz CT molecular complexity index is 801. The fourth-order valence-corrected chi connectivity index (χ4v) is 2.26. The van der Waals surface area contributed by atoms with Crippen molar-refractivity contribution in [2.75, 3.05) is 12.4 Å². The van der Waals surface area contributed by atoms with E-state index in [1.807, 2.05) is 0 Å². The minimum atomic E-state index is -1.26. The van der Waals surface area contributed by atoms with Crippen LogP contribution in [-0.4, -0.2) is 45.8 Å². The molecule has 8 nitrogen and oxygen atoms in total. The molecule has 0 amide bonds. The van der Waals surface area contributed by atoms with Gasteiger partial charge >= 0.3 is 11.9 Å². The summed E-state index contributed by atoms with van der Waals surface area (Å²) in [6, 6.07) is 4.98. The summed E-state index contributed by atoms with van der Waals surface area (Å²) in [7, 11) is 2.76. The Kier molecular flexibility index (Phi) is 5.76. The molecule has 0 saturated heterocycles. The Morgan fingerprint density at radius 2 is 1.96 bits per heavy atom.